The molecule has 0 saturated carbocycles. The maximum atomic E-state index is 6.05. The van der Waals surface area contributed by atoms with E-state index >= 15 is 0 Å². The Morgan fingerprint density at radius 2 is 2.21 bits per heavy atom. The number of nitrogens with zero attached hydrogens (tertiary/aromatic N) is 1. The molecule has 0 radical (unpaired) electrons. The lowest BCUT2D eigenvalue weighted by Crippen LogP contribution is -2.13. The van der Waals surface area contributed by atoms with Crippen LogP contribution in [0.1, 0.15) is 17.2 Å². The SMILES string of the molecule is Nc1ncccc1[C@H](N)c1ccsc1. The summed E-state index contributed by atoms with van der Waals surface area (Å²) in [7, 11) is 0. The normalized spacial score (nSPS) is 12.6. The molecule has 72 valence electrons. The van der Waals surface area contributed by atoms with E-state index in [9.17, 15) is 0 Å². The minimum atomic E-state index is -0.171. The predicted molar refractivity (Wildman–Crippen MR) is 59.0 cm³/mol. The van der Waals surface area contributed by atoms with Crippen molar-refractivity contribution in [1.29, 1.82) is 0 Å². The number of pyridine rings is 1. The molecule has 0 amide bonds. The van der Waals surface area contributed by atoms with Gasteiger partial charge in [-0.25, -0.2) is 4.98 Å². The quantitative estimate of drug-likeness (QED) is 0.785. The number of nitrogen functional groups attached to an aromatic ring is 1. The Labute approximate surface area is 86.4 Å². The van der Waals surface area contributed by atoms with Crippen molar-refractivity contribution in [2.75, 3.05) is 5.73 Å². The van der Waals surface area contributed by atoms with Crippen LogP contribution in [0.2, 0.25) is 0 Å². The zero-order valence-corrected chi connectivity index (χ0v) is 8.37. The fraction of sp³-hybridized carbons (Fsp3) is 0.100. The molecule has 2 heterocycles. The molecule has 0 spiro atoms. The summed E-state index contributed by atoms with van der Waals surface area (Å²) in [4.78, 5) is 4.01. The van der Waals surface area contributed by atoms with Crippen molar-refractivity contribution < 1.29 is 0 Å². The molecule has 3 nitrogen and oxygen atoms in total. The largest absolute Gasteiger partial charge is 0.383 e. The van der Waals surface area contributed by atoms with E-state index in [0.29, 0.717) is 5.82 Å². The third-order valence-corrected chi connectivity index (χ3v) is 2.81. The van der Waals surface area contributed by atoms with Gasteiger partial charge in [0.2, 0.25) is 0 Å². The average molecular weight is 205 g/mol. The van der Waals surface area contributed by atoms with Crippen molar-refractivity contribution in [2.24, 2.45) is 5.73 Å². The first-order chi connectivity index (χ1) is 6.79. The fourth-order valence-corrected chi connectivity index (χ4v) is 2.02. The first kappa shape index (κ1) is 9.18. The van der Waals surface area contributed by atoms with E-state index in [1.54, 1.807) is 17.5 Å². The average Bonchev–Trinajstić information content (AvgIpc) is 2.70. The van der Waals surface area contributed by atoms with E-state index < -0.39 is 0 Å². The molecule has 0 aliphatic carbocycles. The van der Waals surface area contributed by atoms with Crippen LogP contribution in [0.3, 0.4) is 0 Å². The zero-order chi connectivity index (χ0) is 9.97. The number of hydrogen-bond acceptors (Lipinski definition) is 4. The Hall–Kier alpha value is -1.39. The smallest absolute Gasteiger partial charge is 0.128 e. The molecule has 0 fully saturated rings. The van der Waals surface area contributed by atoms with E-state index in [1.165, 1.54) is 0 Å². The van der Waals surface area contributed by atoms with Crippen LogP contribution < -0.4 is 11.5 Å². The molecule has 0 aliphatic rings. The molecule has 2 aromatic heterocycles. The lowest BCUT2D eigenvalue weighted by Gasteiger charge is -2.11. The Balaban J connectivity index is 2.37. The summed E-state index contributed by atoms with van der Waals surface area (Å²) in [6.07, 6.45) is 1.67. The summed E-state index contributed by atoms with van der Waals surface area (Å²) < 4.78 is 0. The summed E-state index contributed by atoms with van der Waals surface area (Å²) in [5.41, 5.74) is 13.7. The maximum Gasteiger partial charge on any atom is 0.128 e. The molecule has 0 saturated heterocycles. The molecule has 2 aromatic rings. The molecular weight excluding hydrogens is 194 g/mol. The van der Waals surface area contributed by atoms with Crippen LogP contribution in [0.5, 0.6) is 0 Å². The summed E-state index contributed by atoms with van der Waals surface area (Å²) in [5, 5.41) is 4.03. The number of rotatable bonds is 2. The second-order valence-electron chi connectivity index (χ2n) is 3.01. The van der Waals surface area contributed by atoms with E-state index in [2.05, 4.69) is 4.98 Å². The lowest BCUT2D eigenvalue weighted by molar-refractivity contribution is 0.873. The van der Waals surface area contributed by atoms with Gasteiger partial charge in [0, 0.05) is 11.8 Å². The molecule has 1 atom stereocenters. The van der Waals surface area contributed by atoms with Gasteiger partial charge >= 0.3 is 0 Å². The molecule has 14 heavy (non-hydrogen) atoms. The predicted octanol–water partition coefficient (Wildman–Crippen LogP) is 1.77. The minimum absolute atomic E-state index is 0.171. The first-order valence-corrected chi connectivity index (χ1v) is 5.21. The van der Waals surface area contributed by atoms with Gasteiger partial charge < -0.3 is 11.5 Å². The van der Waals surface area contributed by atoms with Crippen molar-refractivity contribution in [3.8, 4) is 0 Å². The molecule has 0 aromatic carbocycles. The second-order valence-corrected chi connectivity index (χ2v) is 3.79. The van der Waals surface area contributed by atoms with Crippen molar-refractivity contribution in [3.05, 3.63) is 46.3 Å². The molecule has 4 heteroatoms. The number of nitrogens with two attached hydrogens (primary N) is 2. The number of aromatic nitrogens is 1. The van der Waals surface area contributed by atoms with Gasteiger partial charge in [-0.3, -0.25) is 0 Å². The van der Waals surface area contributed by atoms with Gasteiger partial charge in [-0.05, 0) is 28.5 Å². The van der Waals surface area contributed by atoms with Crippen molar-refractivity contribution >= 4 is 17.2 Å². The molecule has 0 bridgehead atoms. The highest BCUT2D eigenvalue weighted by atomic mass is 32.1. The second kappa shape index (κ2) is 3.77. The zero-order valence-electron chi connectivity index (χ0n) is 7.55. The third kappa shape index (κ3) is 1.62. The van der Waals surface area contributed by atoms with Crippen LogP contribution >= 0.6 is 11.3 Å². The van der Waals surface area contributed by atoms with Gasteiger partial charge in [0.25, 0.3) is 0 Å². The van der Waals surface area contributed by atoms with Crippen LogP contribution in [0.25, 0.3) is 0 Å². The summed E-state index contributed by atoms with van der Waals surface area (Å²) >= 11 is 1.63. The molecule has 4 N–H and O–H groups in total. The van der Waals surface area contributed by atoms with E-state index in [-0.39, 0.29) is 6.04 Å². The van der Waals surface area contributed by atoms with Gasteiger partial charge in [-0.15, -0.1) is 0 Å². The van der Waals surface area contributed by atoms with Crippen molar-refractivity contribution in [3.63, 3.8) is 0 Å². The Morgan fingerprint density at radius 1 is 1.36 bits per heavy atom. The van der Waals surface area contributed by atoms with Crippen LogP contribution in [0, 0.1) is 0 Å². The Kier molecular flexibility index (Phi) is 2.47. The maximum absolute atomic E-state index is 6.05. The van der Waals surface area contributed by atoms with Crippen LogP contribution in [0.4, 0.5) is 5.82 Å². The standard InChI is InChI=1S/C10H11N3S/c11-9(7-3-5-14-6-7)8-2-1-4-13-10(8)12/h1-6,9H,11H2,(H2,12,13)/t9-/m1/s1. The molecule has 2 rings (SSSR count). The topological polar surface area (TPSA) is 64.9 Å². The third-order valence-electron chi connectivity index (χ3n) is 2.11. The van der Waals surface area contributed by atoms with Crippen molar-refractivity contribution in [2.45, 2.75) is 6.04 Å². The number of anilines is 1. The fourth-order valence-electron chi connectivity index (χ4n) is 1.32. The number of thiophene rings is 1. The Bertz CT molecular complexity index is 411. The summed E-state index contributed by atoms with van der Waals surface area (Å²) in [5.74, 6) is 0.506. The lowest BCUT2D eigenvalue weighted by atomic mass is 10.0. The minimum Gasteiger partial charge on any atom is -0.383 e. The first-order valence-electron chi connectivity index (χ1n) is 4.27. The van der Waals surface area contributed by atoms with Crippen LogP contribution in [-0.4, -0.2) is 4.98 Å². The highest BCUT2D eigenvalue weighted by Crippen LogP contribution is 2.24. The van der Waals surface area contributed by atoms with Gasteiger partial charge in [0.05, 0.1) is 6.04 Å². The van der Waals surface area contributed by atoms with E-state index in [0.717, 1.165) is 11.1 Å². The molecular formula is C10H11N3S. The van der Waals surface area contributed by atoms with E-state index in [4.69, 9.17) is 11.5 Å². The van der Waals surface area contributed by atoms with E-state index in [1.807, 2.05) is 29.0 Å². The van der Waals surface area contributed by atoms with Gasteiger partial charge in [0.15, 0.2) is 0 Å². The summed E-state index contributed by atoms with van der Waals surface area (Å²) in [6.45, 7) is 0. The monoisotopic (exact) mass is 205 g/mol. The van der Waals surface area contributed by atoms with Gasteiger partial charge in [0.1, 0.15) is 5.82 Å². The Morgan fingerprint density at radius 3 is 2.86 bits per heavy atom. The highest BCUT2D eigenvalue weighted by Gasteiger charge is 2.11. The van der Waals surface area contributed by atoms with Gasteiger partial charge in [-0.1, -0.05) is 6.07 Å². The highest BCUT2D eigenvalue weighted by molar-refractivity contribution is 7.08. The number of hydrogen-bond donors (Lipinski definition) is 2. The summed E-state index contributed by atoms with van der Waals surface area (Å²) in [6, 6.07) is 5.58. The van der Waals surface area contributed by atoms with Crippen LogP contribution in [-0.2, 0) is 0 Å². The molecule has 0 aliphatic heterocycles. The van der Waals surface area contributed by atoms with Gasteiger partial charge in [-0.2, -0.15) is 11.3 Å². The molecule has 0 unspecified atom stereocenters. The van der Waals surface area contributed by atoms with Crippen LogP contribution in [0.15, 0.2) is 35.2 Å². The van der Waals surface area contributed by atoms with Crippen molar-refractivity contribution in [1.82, 2.24) is 4.98 Å².